The number of alkyl halides is 3. The molecule has 0 aliphatic carbocycles. The van der Waals surface area contributed by atoms with Crippen molar-refractivity contribution in [2.24, 2.45) is 5.92 Å². The van der Waals surface area contributed by atoms with E-state index in [2.05, 4.69) is 20.0 Å². The van der Waals surface area contributed by atoms with Crippen LogP contribution in [0.3, 0.4) is 0 Å². The van der Waals surface area contributed by atoms with Gasteiger partial charge in [0.1, 0.15) is 11.9 Å². The number of likely N-dealkylation sites (tertiary alicyclic amines) is 1. The number of aromatic nitrogens is 2. The van der Waals surface area contributed by atoms with E-state index in [0.717, 1.165) is 18.6 Å². The van der Waals surface area contributed by atoms with E-state index in [4.69, 9.17) is 0 Å². The highest BCUT2D eigenvalue weighted by Crippen LogP contribution is 2.34. The molecule has 1 aliphatic heterocycles. The first kappa shape index (κ1) is 22.6. The van der Waals surface area contributed by atoms with E-state index in [9.17, 15) is 22.8 Å². The van der Waals surface area contributed by atoms with Crippen molar-refractivity contribution < 1.29 is 27.5 Å². The molecule has 7 nitrogen and oxygen atoms in total. The fourth-order valence-electron chi connectivity index (χ4n) is 3.68. The number of imidazole rings is 1. The Morgan fingerprint density at radius 3 is 2.52 bits per heavy atom. The molecule has 0 spiro atoms. The van der Waals surface area contributed by atoms with Crippen molar-refractivity contribution in [3.63, 3.8) is 0 Å². The number of carbonyl (C=O) groups excluding carboxylic acids is 2. The molecule has 1 aliphatic rings. The minimum Gasteiger partial charge on any atom is -0.453 e. The Labute approximate surface area is 178 Å². The first-order chi connectivity index (χ1) is 14.6. The number of amides is 2. The number of aromatic amines is 1. The molecule has 1 fully saturated rings. The van der Waals surface area contributed by atoms with Gasteiger partial charge in [0, 0.05) is 6.54 Å². The van der Waals surface area contributed by atoms with Crippen molar-refractivity contribution in [3.05, 3.63) is 41.9 Å². The molecule has 0 unspecified atom stereocenters. The lowest BCUT2D eigenvalue weighted by molar-refractivity contribution is -0.137. The van der Waals surface area contributed by atoms with E-state index in [0.29, 0.717) is 30.0 Å². The molecule has 2 amide bonds. The van der Waals surface area contributed by atoms with Gasteiger partial charge in [-0.15, -0.1) is 0 Å². The highest BCUT2D eigenvalue weighted by atomic mass is 19.4. The molecular formula is C21H25F3N4O3. The minimum absolute atomic E-state index is 0.146. The van der Waals surface area contributed by atoms with E-state index in [-0.39, 0.29) is 17.9 Å². The van der Waals surface area contributed by atoms with Gasteiger partial charge in [0.05, 0.1) is 30.6 Å². The van der Waals surface area contributed by atoms with Gasteiger partial charge in [-0.3, -0.25) is 4.79 Å². The predicted molar refractivity (Wildman–Crippen MR) is 107 cm³/mol. The van der Waals surface area contributed by atoms with E-state index in [1.165, 1.54) is 19.2 Å². The van der Waals surface area contributed by atoms with Crippen LogP contribution < -0.4 is 5.32 Å². The molecule has 0 bridgehead atoms. The smallest absolute Gasteiger partial charge is 0.416 e. The molecule has 0 saturated carbocycles. The number of benzene rings is 1. The molecule has 3 rings (SSSR count). The number of carbonyl (C=O) groups is 2. The quantitative estimate of drug-likeness (QED) is 0.735. The van der Waals surface area contributed by atoms with E-state index in [1.54, 1.807) is 11.1 Å². The third-order valence-corrected chi connectivity index (χ3v) is 5.36. The summed E-state index contributed by atoms with van der Waals surface area (Å²) in [5.74, 6) is 0.184. The number of alkyl carbamates (subject to hydrolysis) is 1. The number of H-pyrrole nitrogens is 1. The third-order valence-electron chi connectivity index (χ3n) is 5.36. The van der Waals surface area contributed by atoms with Crippen LogP contribution in [-0.2, 0) is 15.7 Å². The average Bonchev–Trinajstić information content (AvgIpc) is 3.39. The maximum atomic E-state index is 13.1. The SMILES string of the molecule is COC(=O)N[C@H](C(=O)N1CCC[C@H]1c1ncc(-c2ccc(C(F)(F)F)cc2)[nH]1)C(C)C. The Balaban J connectivity index is 1.79. The molecule has 168 valence electrons. The van der Waals surface area contributed by atoms with Crippen molar-refractivity contribution in [1.82, 2.24) is 20.2 Å². The minimum atomic E-state index is -4.40. The Bertz CT molecular complexity index is 925. The van der Waals surface area contributed by atoms with E-state index >= 15 is 0 Å². The monoisotopic (exact) mass is 438 g/mol. The summed E-state index contributed by atoms with van der Waals surface area (Å²) in [6.07, 6.45) is -2.06. The summed E-state index contributed by atoms with van der Waals surface area (Å²) in [4.78, 5) is 34.0. The zero-order valence-electron chi connectivity index (χ0n) is 17.5. The van der Waals surface area contributed by atoms with Crippen molar-refractivity contribution in [3.8, 4) is 11.3 Å². The van der Waals surface area contributed by atoms with Crippen molar-refractivity contribution in [2.75, 3.05) is 13.7 Å². The number of methoxy groups -OCH3 is 1. The second-order valence-corrected chi connectivity index (χ2v) is 7.80. The van der Waals surface area contributed by atoms with Crippen LogP contribution in [0.4, 0.5) is 18.0 Å². The number of ether oxygens (including phenoxy) is 1. The summed E-state index contributed by atoms with van der Waals surface area (Å²) in [7, 11) is 1.24. The number of nitrogens with zero attached hydrogens (tertiary/aromatic N) is 2. The fourth-order valence-corrected chi connectivity index (χ4v) is 3.68. The molecule has 2 N–H and O–H groups in total. The molecule has 31 heavy (non-hydrogen) atoms. The summed E-state index contributed by atoms with van der Waals surface area (Å²) in [5.41, 5.74) is 0.410. The zero-order chi connectivity index (χ0) is 22.8. The number of halogens is 3. The molecule has 1 aromatic carbocycles. The predicted octanol–water partition coefficient (Wildman–Crippen LogP) is 4.14. The summed E-state index contributed by atoms with van der Waals surface area (Å²) >= 11 is 0. The Morgan fingerprint density at radius 2 is 1.94 bits per heavy atom. The summed E-state index contributed by atoms with van der Waals surface area (Å²) in [6.45, 7) is 4.18. The first-order valence-corrected chi connectivity index (χ1v) is 9.99. The topological polar surface area (TPSA) is 87.3 Å². The molecule has 1 saturated heterocycles. The molecule has 2 heterocycles. The standard InChI is InChI=1S/C21H25F3N4O3/c1-12(2)17(27-20(30)31-3)19(29)28-10-4-5-16(28)18-25-11-15(26-18)13-6-8-14(9-7-13)21(22,23)24/h6-9,11-12,16-17H,4-5,10H2,1-3H3,(H,25,26)(H,27,30)/t16-,17-/m0/s1. The van der Waals surface area contributed by atoms with E-state index < -0.39 is 23.9 Å². The fraction of sp³-hybridized carbons (Fsp3) is 0.476. The highest BCUT2D eigenvalue weighted by molar-refractivity contribution is 5.86. The van der Waals surface area contributed by atoms with Gasteiger partial charge in [-0.1, -0.05) is 26.0 Å². The van der Waals surface area contributed by atoms with Crippen LogP contribution in [0.1, 0.15) is 44.1 Å². The molecule has 10 heteroatoms. The van der Waals surface area contributed by atoms with Crippen LogP contribution in [0.15, 0.2) is 30.5 Å². The summed E-state index contributed by atoms with van der Waals surface area (Å²) < 4.78 is 43.0. The second kappa shape index (κ2) is 8.99. The van der Waals surface area contributed by atoms with Crippen molar-refractivity contribution >= 4 is 12.0 Å². The molecule has 0 radical (unpaired) electrons. The van der Waals surface area contributed by atoms with E-state index in [1.807, 2.05) is 13.8 Å². The molecule has 2 aromatic rings. The Hall–Kier alpha value is -3.04. The Kier molecular flexibility index (Phi) is 6.56. The normalized spacial score (nSPS) is 17.6. The summed E-state index contributed by atoms with van der Waals surface area (Å²) in [6, 6.07) is 3.76. The van der Waals surface area contributed by atoms with Gasteiger partial charge >= 0.3 is 12.3 Å². The van der Waals surface area contributed by atoms with Gasteiger partial charge < -0.3 is 19.9 Å². The number of hydrogen-bond donors (Lipinski definition) is 2. The van der Waals surface area contributed by atoms with Crippen LogP contribution in [0.2, 0.25) is 0 Å². The third kappa shape index (κ3) is 5.00. The number of rotatable bonds is 5. The van der Waals surface area contributed by atoms with Crippen LogP contribution in [0.5, 0.6) is 0 Å². The number of nitrogens with one attached hydrogen (secondary N) is 2. The molecule has 1 aromatic heterocycles. The maximum absolute atomic E-state index is 13.1. The highest BCUT2D eigenvalue weighted by Gasteiger charge is 2.37. The Morgan fingerprint density at radius 1 is 1.26 bits per heavy atom. The van der Waals surface area contributed by atoms with Crippen LogP contribution in [0, 0.1) is 5.92 Å². The lowest BCUT2D eigenvalue weighted by atomic mass is 10.0. The molecule has 2 atom stereocenters. The van der Waals surface area contributed by atoms with Gasteiger partial charge in [0.15, 0.2) is 0 Å². The van der Waals surface area contributed by atoms with Gasteiger partial charge in [-0.2, -0.15) is 13.2 Å². The van der Waals surface area contributed by atoms with Crippen molar-refractivity contribution in [2.45, 2.75) is 44.9 Å². The van der Waals surface area contributed by atoms with Gasteiger partial charge in [0.2, 0.25) is 5.91 Å². The number of hydrogen-bond acceptors (Lipinski definition) is 4. The lowest BCUT2D eigenvalue weighted by Gasteiger charge is -2.30. The van der Waals surface area contributed by atoms with Crippen LogP contribution in [-0.4, -0.2) is 46.6 Å². The second-order valence-electron chi connectivity index (χ2n) is 7.80. The van der Waals surface area contributed by atoms with Gasteiger partial charge in [0.25, 0.3) is 0 Å². The first-order valence-electron chi connectivity index (χ1n) is 9.99. The van der Waals surface area contributed by atoms with Gasteiger partial charge in [-0.25, -0.2) is 9.78 Å². The maximum Gasteiger partial charge on any atom is 0.416 e. The van der Waals surface area contributed by atoms with Gasteiger partial charge in [-0.05, 0) is 36.5 Å². The largest absolute Gasteiger partial charge is 0.453 e. The van der Waals surface area contributed by atoms with Crippen molar-refractivity contribution in [1.29, 1.82) is 0 Å². The van der Waals surface area contributed by atoms with Crippen LogP contribution in [0.25, 0.3) is 11.3 Å². The lowest BCUT2D eigenvalue weighted by Crippen LogP contribution is -2.51. The van der Waals surface area contributed by atoms with Crippen LogP contribution >= 0.6 is 0 Å². The zero-order valence-corrected chi connectivity index (χ0v) is 17.5. The average molecular weight is 438 g/mol. The molecular weight excluding hydrogens is 413 g/mol. The summed E-state index contributed by atoms with van der Waals surface area (Å²) in [5, 5.41) is 2.59.